The zero-order valence-electron chi connectivity index (χ0n) is 16.4. The molecule has 0 bridgehead atoms. The van der Waals surface area contributed by atoms with Gasteiger partial charge in [0.1, 0.15) is 0 Å². The van der Waals surface area contributed by atoms with Crippen molar-refractivity contribution in [2.45, 2.75) is 63.7 Å². The van der Waals surface area contributed by atoms with Crippen molar-refractivity contribution in [3.05, 3.63) is 54.1 Å². The number of rotatable bonds is 7. The number of sulfone groups is 1. The van der Waals surface area contributed by atoms with Gasteiger partial charge in [-0.2, -0.15) is 0 Å². The van der Waals surface area contributed by atoms with Crippen LogP contribution in [-0.2, 0) is 14.4 Å². The number of benzene rings is 1. The minimum absolute atomic E-state index is 0.00973. The second-order valence-corrected chi connectivity index (χ2v) is 14.4. The fourth-order valence-corrected chi connectivity index (χ4v) is 3.68. The van der Waals surface area contributed by atoms with E-state index < -0.39 is 18.2 Å². The summed E-state index contributed by atoms with van der Waals surface area (Å²) in [6.07, 6.45) is 3.23. The van der Waals surface area contributed by atoms with Crippen molar-refractivity contribution in [2.75, 3.05) is 0 Å². The van der Waals surface area contributed by atoms with Crippen LogP contribution in [0.3, 0.4) is 0 Å². The summed E-state index contributed by atoms with van der Waals surface area (Å²) in [5.41, 5.74) is 1.02. The van der Waals surface area contributed by atoms with Crippen molar-refractivity contribution < 1.29 is 12.9 Å². The van der Waals surface area contributed by atoms with Crippen molar-refractivity contribution in [3.8, 4) is 0 Å². The van der Waals surface area contributed by atoms with E-state index in [2.05, 4.69) is 40.4 Å². The van der Waals surface area contributed by atoms with Gasteiger partial charge in [-0.3, -0.25) is 5.06 Å². The van der Waals surface area contributed by atoms with Crippen LogP contribution in [0.4, 0.5) is 0 Å². The molecule has 0 heterocycles. The van der Waals surface area contributed by atoms with E-state index in [4.69, 9.17) is 4.53 Å². The molecule has 1 rings (SSSR count). The zero-order chi connectivity index (χ0) is 19.5. The average Bonchev–Trinajstić information content (AvgIpc) is 2.50. The van der Waals surface area contributed by atoms with Gasteiger partial charge >= 0.3 is 0 Å². The van der Waals surface area contributed by atoms with Crippen LogP contribution in [-0.4, -0.2) is 27.8 Å². The van der Waals surface area contributed by atoms with Gasteiger partial charge in [0.15, 0.2) is 0 Å². The Morgan fingerprint density at radius 3 is 2.16 bits per heavy atom. The Morgan fingerprint density at radius 2 is 1.72 bits per heavy atom. The molecule has 140 valence electrons. The fourth-order valence-electron chi connectivity index (χ4n) is 1.70. The summed E-state index contributed by atoms with van der Waals surface area (Å²) >= 11 is 0. The Morgan fingerprint density at radius 1 is 1.20 bits per heavy atom. The van der Waals surface area contributed by atoms with E-state index in [1.165, 1.54) is 11.6 Å². The number of hydrogen-bond donors (Lipinski definition) is 0. The maximum Gasteiger partial charge on any atom is 0.228 e. The van der Waals surface area contributed by atoms with E-state index >= 15 is 0 Å². The van der Waals surface area contributed by atoms with Gasteiger partial charge in [-0.1, -0.05) is 44.5 Å². The van der Waals surface area contributed by atoms with E-state index in [1.807, 2.05) is 13.8 Å². The maximum atomic E-state index is 12.5. The molecule has 1 unspecified atom stereocenters. The number of hydroxylamine groups is 2. The van der Waals surface area contributed by atoms with Gasteiger partial charge in [-0.25, -0.2) is 8.42 Å². The minimum Gasteiger partial charge on any atom is -0.319 e. The quantitative estimate of drug-likeness (QED) is 0.376. The monoisotopic (exact) mass is 381 g/mol. The summed E-state index contributed by atoms with van der Waals surface area (Å²) < 4.78 is 31.3. The van der Waals surface area contributed by atoms with Crippen molar-refractivity contribution >= 4 is 18.2 Å². The van der Waals surface area contributed by atoms with Crippen LogP contribution < -0.4 is 0 Å². The second kappa shape index (κ2) is 7.89. The highest BCUT2D eigenvalue weighted by atomic mass is 32.2. The molecule has 0 N–H and O–H groups in total. The lowest BCUT2D eigenvalue weighted by atomic mass is 10.2. The van der Waals surface area contributed by atoms with Crippen LogP contribution in [0.15, 0.2) is 53.4 Å². The predicted molar refractivity (Wildman–Crippen MR) is 107 cm³/mol. The third-order valence-corrected chi connectivity index (χ3v) is 10.3. The summed E-state index contributed by atoms with van der Waals surface area (Å²) in [5.74, 6) is 0. The molecule has 0 fully saturated rings. The van der Waals surface area contributed by atoms with E-state index in [9.17, 15) is 8.42 Å². The topological polar surface area (TPSA) is 46.6 Å². The van der Waals surface area contributed by atoms with Gasteiger partial charge in [0, 0.05) is 6.20 Å². The molecule has 0 aliphatic rings. The summed E-state index contributed by atoms with van der Waals surface area (Å²) in [4.78, 5) is 0.271. The van der Waals surface area contributed by atoms with Crippen LogP contribution >= 0.6 is 0 Å². The number of nitrogens with zero attached hydrogens (tertiary/aromatic N) is 1. The summed E-state index contributed by atoms with van der Waals surface area (Å²) in [5, 5.41) is 2.82. The summed E-state index contributed by atoms with van der Waals surface area (Å²) in [6.45, 7) is 18.3. The molecule has 1 atom stereocenters. The molecular weight excluding hydrogens is 350 g/mol. The Kier molecular flexibility index (Phi) is 6.84. The molecule has 1 aromatic carbocycles. The lowest BCUT2D eigenvalue weighted by Gasteiger charge is -2.40. The first-order chi connectivity index (χ1) is 11.3. The smallest absolute Gasteiger partial charge is 0.228 e. The zero-order valence-corrected chi connectivity index (χ0v) is 18.2. The molecule has 0 saturated carbocycles. The summed E-state index contributed by atoms with van der Waals surface area (Å²) in [6, 6.07) is 6.67. The van der Waals surface area contributed by atoms with Gasteiger partial charge < -0.3 is 4.53 Å². The first-order valence-electron chi connectivity index (χ1n) is 8.40. The summed E-state index contributed by atoms with van der Waals surface area (Å²) in [7, 11) is -5.62. The van der Waals surface area contributed by atoms with Crippen LogP contribution in [0.25, 0.3) is 0 Å². The molecular formula is C19H31NO3SSi. The third-order valence-electron chi connectivity index (χ3n) is 4.62. The van der Waals surface area contributed by atoms with Crippen molar-refractivity contribution in [2.24, 2.45) is 0 Å². The highest BCUT2D eigenvalue weighted by molar-refractivity contribution is 7.94. The molecule has 0 aromatic heterocycles. The van der Waals surface area contributed by atoms with Crippen LogP contribution in [0.1, 0.15) is 33.3 Å². The molecule has 0 aliphatic heterocycles. The normalized spacial score (nSPS) is 14.5. The van der Waals surface area contributed by atoms with Gasteiger partial charge in [0.05, 0.1) is 16.3 Å². The Balaban J connectivity index is 3.11. The SMILES string of the molecule is C=CC(C)N(/C=C/S(=O)(=O)c1ccc(C)cc1)O[Si](C)(C)C(C)(C)C. The Bertz CT molecular complexity index is 716. The molecule has 0 saturated heterocycles. The Labute approximate surface area is 154 Å². The first-order valence-corrected chi connectivity index (χ1v) is 12.9. The molecule has 4 nitrogen and oxygen atoms in total. The average molecular weight is 382 g/mol. The molecule has 0 amide bonds. The molecule has 0 spiro atoms. The van der Waals surface area contributed by atoms with Crippen molar-refractivity contribution in [1.82, 2.24) is 5.06 Å². The minimum atomic E-state index is -3.53. The maximum absolute atomic E-state index is 12.5. The highest BCUT2D eigenvalue weighted by Gasteiger charge is 2.40. The molecule has 0 aliphatic carbocycles. The van der Waals surface area contributed by atoms with Crippen LogP contribution in [0, 0.1) is 6.92 Å². The second-order valence-electron chi connectivity index (χ2n) is 7.83. The van der Waals surface area contributed by atoms with Crippen molar-refractivity contribution in [1.29, 1.82) is 0 Å². The molecule has 0 radical (unpaired) electrons. The van der Waals surface area contributed by atoms with Crippen LogP contribution in [0.5, 0.6) is 0 Å². The van der Waals surface area contributed by atoms with Gasteiger partial charge in [-0.15, -0.1) is 6.58 Å². The fraction of sp³-hybridized carbons (Fsp3) is 0.474. The number of hydrogen-bond acceptors (Lipinski definition) is 4. The van der Waals surface area contributed by atoms with Gasteiger partial charge in [0.25, 0.3) is 0 Å². The van der Waals surface area contributed by atoms with Crippen LogP contribution in [0.2, 0.25) is 18.1 Å². The Hall–Kier alpha value is -1.37. The standard InChI is InChI=1S/C19H31NO3SSi/c1-9-17(3)20(23-25(7,8)19(4,5)6)14-15-24(21,22)18-12-10-16(2)11-13-18/h9-15,17H,1H2,2-8H3/b15-14+. The van der Waals surface area contributed by atoms with Crippen molar-refractivity contribution in [3.63, 3.8) is 0 Å². The van der Waals surface area contributed by atoms with Gasteiger partial charge in [-0.05, 0) is 44.1 Å². The highest BCUT2D eigenvalue weighted by Crippen LogP contribution is 2.37. The van der Waals surface area contributed by atoms with Gasteiger partial charge in [0.2, 0.25) is 18.2 Å². The molecule has 6 heteroatoms. The molecule has 1 aromatic rings. The number of aryl methyl sites for hydroxylation is 1. The lowest BCUT2D eigenvalue weighted by Crippen LogP contribution is -2.47. The van der Waals surface area contributed by atoms with E-state index in [0.29, 0.717) is 0 Å². The van der Waals surface area contributed by atoms with E-state index in [-0.39, 0.29) is 16.0 Å². The first kappa shape index (κ1) is 21.7. The van der Waals surface area contributed by atoms with E-state index in [0.717, 1.165) is 5.56 Å². The third kappa shape index (κ3) is 5.83. The lowest BCUT2D eigenvalue weighted by molar-refractivity contribution is -0.0417. The largest absolute Gasteiger partial charge is 0.319 e. The van der Waals surface area contributed by atoms with E-state index in [1.54, 1.807) is 35.4 Å². The predicted octanol–water partition coefficient (Wildman–Crippen LogP) is 5.05. The molecule has 25 heavy (non-hydrogen) atoms.